The number of carbonyl (C=O) groups excluding carboxylic acids is 1. The van der Waals surface area contributed by atoms with Gasteiger partial charge in [-0.15, -0.1) is 5.10 Å². The predicted octanol–water partition coefficient (Wildman–Crippen LogP) is 0.00220. The number of amides is 1. The van der Waals surface area contributed by atoms with Crippen molar-refractivity contribution >= 4 is 11.9 Å². The summed E-state index contributed by atoms with van der Waals surface area (Å²) in [7, 11) is 0. The van der Waals surface area contributed by atoms with E-state index in [1.807, 2.05) is 13.8 Å². The first-order valence-corrected chi connectivity index (χ1v) is 6.55. The number of carbonyl (C=O) groups is 2. The van der Waals surface area contributed by atoms with Gasteiger partial charge in [0.2, 0.25) is 0 Å². The van der Waals surface area contributed by atoms with Crippen LogP contribution in [0, 0.1) is 0 Å². The molecule has 1 aliphatic heterocycles. The first-order valence-electron chi connectivity index (χ1n) is 6.55. The van der Waals surface area contributed by atoms with Crippen LogP contribution in [0.5, 0.6) is 0 Å². The van der Waals surface area contributed by atoms with Gasteiger partial charge in [-0.1, -0.05) is 12.1 Å². The molecule has 8 nitrogen and oxygen atoms in total. The zero-order valence-electron chi connectivity index (χ0n) is 11.5. The molecule has 2 heterocycles. The minimum atomic E-state index is -1.03. The van der Waals surface area contributed by atoms with E-state index in [4.69, 9.17) is 9.84 Å². The molecule has 2 unspecified atom stereocenters. The third kappa shape index (κ3) is 3.13. The zero-order chi connectivity index (χ0) is 14.7. The lowest BCUT2D eigenvalue weighted by Crippen LogP contribution is -2.51. The molecule has 0 aliphatic carbocycles. The summed E-state index contributed by atoms with van der Waals surface area (Å²) >= 11 is 0. The van der Waals surface area contributed by atoms with E-state index in [-0.39, 0.29) is 30.3 Å². The van der Waals surface area contributed by atoms with E-state index in [1.165, 1.54) is 6.20 Å². The maximum absolute atomic E-state index is 12.4. The Labute approximate surface area is 116 Å². The molecule has 110 valence electrons. The Hall–Kier alpha value is -1.96. The van der Waals surface area contributed by atoms with Crippen molar-refractivity contribution in [1.29, 1.82) is 0 Å². The second-order valence-corrected chi connectivity index (χ2v) is 4.86. The highest BCUT2D eigenvalue weighted by Crippen LogP contribution is 2.16. The fourth-order valence-electron chi connectivity index (χ4n) is 2.19. The van der Waals surface area contributed by atoms with E-state index in [0.29, 0.717) is 13.2 Å². The topological polar surface area (TPSA) is 97.5 Å². The number of ether oxygens (including phenoxy) is 1. The number of aliphatic carboxylic acids is 1. The third-order valence-electron chi connectivity index (χ3n) is 3.25. The summed E-state index contributed by atoms with van der Waals surface area (Å²) < 4.78 is 6.68. The molecule has 0 bridgehead atoms. The van der Waals surface area contributed by atoms with Gasteiger partial charge in [0.05, 0.1) is 24.9 Å². The van der Waals surface area contributed by atoms with Gasteiger partial charge in [0.15, 0.2) is 5.69 Å². The van der Waals surface area contributed by atoms with Crippen LogP contribution in [-0.4, -0.2) is 62.2 Å². The lowest BCUT2D eigenvalue weighted by Gasteiger charge is -2.37. The molecule has 1 N–H and O–H groups in total. The second kappa shape index (κ2) is 6.00. The maximum Gasteiger partial charge on any atom is 0.325 e. The number of carboxylic acids is 1. The minimum Gasteiger partial charge on any atom is -0.480 e. The average Bonchev–Trinajstić information content (AvgIpc) is 2.85. The van der Waals surface area contributed by atoms with Crippen LogP contribution in [0.4, 0.5) is 0 Å². The van der Waals surface area contributed by atoms with Crippen LogP contribution >= 0.6 is 0 Å². The first-order chi connectivity index (χ1) is 9.51. The van der Waals surface area contributed by atoms with E-state index >= 15 is 0 Å². The average molecular weight is 282 g/mol. The van der Waals surface area contributed by atoms with E-state index in [0.717, 1.165) is 11.1 Å². The second-order valence-electron chi connectivity index (χ2n) is 4.86. The van der Waals surface area contributed by atoms with Gasteiger partial charge in [-0.25, -0.2) is 4.68 Å². The highest BCUT2D eigenvalue weighted by atomic mass is 16.5. The van der Waals surface area contributed by atoms with Crippen LogP contribution in [0.3, 0.4) is 0 Å². The minimum absolute atomic E-state index is 0.0170. The highest BCUT2D eigenvalue weighted by Gasteiger charge is 2.31. The highest BCUT2D eigenvalue weighted by molar-refractivity contribution is 5.92. The van der Waals surface area contributed by atoms with Crippen molar-refractivity contribution in [2.45, 2.75) is 39.0 Å². The molecule has 1 aromatic heterocycles. The normalized spacial score (nSPS) is 22.8. The Balaban J connectivity index is 2.12. The number of nitrogens with zero attached hydrogens (tertiary/aromatic N) is 4. The number of morpholine rings is 1. The number of hydrogen-bond donors (Lipinski definition) is 1. The van der Waals surface area contributed by atoms with Crippen LogP contribution in [0.15, 0.2) is 6.20 Å². The van der Waals surface area contributed by atoms with Crippen molar-refractivity contribution in [2.24, 2.45) is 0 Å². The molecule has 1 saturated heterocycles. The van der Waals surface area contributed by atoms with Crippen LogP contribution in [0.25, 0.3) is 0 Å². The van der Waals surface area contributed by atoms with Gasteiger partial charge >= 0.3 is 5.97 Å². The number of rotatable bonds is 4. The standard InChI is InChI=1S/C12H18N4O4/c1-3-9-7-20-8(2)4-16(9)12(19)10-5-15(14-13-10)6-11(17)18/h5,8-9H,3-4,6-7H2,1-2H3,(H,17,18). The fourth-order valence-corrected chi connectivity index (χ4v) is 2.19. The summed E-state index contributed by atoms with van der Waals surface area (Å²) in [6.07, 6.45) is 2.14. The van der Waals surface area contributed by atoms with E-state index < -0.39 is 5.97 Å². The molecule has 2 atom stereocenters. The van der Waals surface area contributed by atoms with Crippen molar-refractivity contribution in [3.63, 3.8) is 0 Å². The Morgan fingerprint density at radius 1 is 1.55 bits per heavy atom. The Morgan fingerprint density at radius 3 is 2.95 bits per heavy atom. The Bertz CT molecular complexity index is 501. The van der Waals surface area contributed by atoms with Gasteiger partial charge in [-0.05, 0) is 13.3 Å². The molecular formula is C12H18N4O4. The monoisotopic (exact) mass is 282 g/mol. The molecule has 20 heavy (non-hydrogen) atoms. The van der Waals surface area contributed by atoms with E-state index in [9.17, 15) is 9.59 Å². The molecule has 2 rings (SSSR count). The van der Waals surface area contributed by atoms with Gasteiger partial charge in [-0.3, -0.25) is 9.59 Å². The quantitative estimate of drug-likeness (QED) is 0.835. The lowest BCUT2D eigenvalue weighted by molar-refractivity contribution is -0.137. The summed E-state index contributed by atoms with van der Waals surface area (Å²) in [5.41, 5.74) is 0.166. The van der Waals surface area contributed by atoms with Crippen molar-refractivity contribution in [3.05, 3.63) is 11.9 Å². The number of carboxylic acid groups (broad SMARTS) is 1. The van der Waals surface area contributed by atoms with Gasteiger partial charge in [-0.2, -0.15) is 0 Å². The third-order valence-corrected chi connectivity index (χ3v) is 3.25. The van der Waals surface area contributed by atoms with Gasteiger partial charge < -0.3 is 14.7 Å². The van der Waals surface area contributed by atoms with Crippen LogP contribution in [0.2, 0.25) is 0 Å². The molecule has 0 aromatic carbocycles. The molecule has 1 amide bonds. The van der Waals surface area contributed by atoms with Crippen LogP contribution in [0.1, 0.15) is 30.8 Å². The maximum atomic E-state index is 12.4. The first kappa shape index (κ1) is 14.4. The summed E-state index contributed by atoms with van der Waals surface area (Å²) in [5.74, 6) is -1.26. The molecule has 1 aliphatic rings. The largest absolute Gasteiger partial charge is 0.480 e. The SMILES string of the molecule is CCC1COC(C)CN1C(=O)c1cn(CC(=O)O)nn1. The summed E-state index contributed by atoms with van der Waals surface area (Å²) in [6, 6.07) is 0.0170. The number of aromatic nitrogens is 3. The zero-order valence-corrected chi connectivity index (χ0v) is 11.5. The Morgan fingerprint density at radius 2 is 2.30 bits per heavy atom. The van der Waals surface area contributed by atoms with Crippen LogP contribution < -0.4 is 0 Å². The van der Waals surface area contributed by atoms with Crippen molar-refractivity contribution < 1.29 is 19.4 Å². The van der Waals surface area contributed by atoms with Gasteiger partial charge in [0.25, 0.3) is 5.91 Å². The van der Waals surface area contributed by atoms with Crippen LogP contribution in [-0.2, 0) is 16.1 Å². The Kier molecular flexibility index (Phi) is 4.33. The molecule has 1 fully saturated rings. The van der Waals surface area contributed by atoms with E-state index in [2.05, 4.69) is 10.3 Å². The lowest BCUT2D eigenvalue weighted by atomic mass is 10.1. The predicted molar refractivity (Wildman–Crippen MR) is 68.2 cm³/mol. The summed E-state index contributed by atoms with van der Waals surface area (Å²) in [4.78, 5) is 24.7. The van der Waals surface area contributed by atoms with Crippen molar-refractivity contribution in [3.8, 4) is 0 Å². The van der Waals surface area contributed by atoms with Crippen molar-refractivity contribution in [1.82, 2.24) is 19.9 Å². The summed E-state index contributed by atoms with van der Waals surface area (Å²) in [6.45, 7) is 4.60. The van der Waals surface area contributed by atoms with Gasteiger partial charge in [0, 0.05) is 6.54 Å². The van der Waals surface area contributed by atoms with E-state index in [1.54, 1.807) is 4.90 Å². The molecule has 0 radical (unpaired) electrons. The number of hydrogen-bond acceptors (Lipinski definition) is 5. The molecule has 8 heteroatoms. The molecule has 1 aromatic rings. The fraction of sp³-hybridized carbons (Fsp3) is 0.667. The molecular weight excluding hydrogens is 264 g/mol. The molecule has 0 saturated carbocycles. The van der Waals surface area contributed by atoms with Crippen molar-refractivity contribution in [2.75, 3.05) is 13.2 Å². The van der Waals surface area contributed by atoms with Gasteiger partial charge in [0.1, 0.15) is 6.54 Å². The smallest absolute Gasteiger partial charge is 0.325 e. The molecule has 0 spiro atoms. The summed E-state index contributed by atoms with van der Waals surface area (Å²) in [5, 5.41) is 16.1.